The van der Waals surface area contributed by atoms with Gasteiger partial charge in [-0.2, -0.15) is 0 Å². The van der Waals surface area contributed by atoms with E-state index < -0.39 is 21.8 Å². The average Bonchev–Trinajstić information content (AvgIpc) is 3.12. The maximum absolute atomic E-state index is 14.2. The maximum Gasteiger partial charge on any atom is 0.303 e. The average molecular weight is 435 g/mol. The number of anilines is 1. The monoisotopic (exact) mass is 435 g/mol. The van der Waals surface area contributed by atoms with Crippen molar-refractivity contribution in [2.45, 2.75) is 17.7 Å². The third-order valence-electron chi connectivity index (χ3n) is 4.00. The SMILES string of the molecule is Cn1nnnc1-c1cccc(NS(=O)(=O)c2ccc(OCCCC(=O)O)c(F)c2)c1. The summed E-state index contributed by atoms with van der Waals surface area (Å²) in [5, 5.41) is 19.7. The number of nitrogens with one attached hydrogen (secondary N) is 1. The molecule has 3 rings (SSSR count). The van der Waals surface area contributed by atoms with Crippen LogP contribution in [0.5, 0.6) is 5.75 Å². The lowest BCUT2D eigenvalue weighted by Gasteiger charge is -2.11. The van der Waals surface area contributed by atoms with Crippen LogP contribution in [0.4, 0.5) is 10.1 Å². The molecule has 158 valence electrons. The first-order valence-electron chi connectivity index (χ1n) is 8.76. The molecule has 1 heterocycles. The number of halogens is 1. The Hall–Kier alpha value is -3.54. The topological polar surface area (TPSA) is 136 Å². The molecule has 0 bridgehead atoms. The Labute approximate surface area is 171 Å². The number of carboxylic acids is 1. The van der Waals surface area contributed by atoms with E-state index in [1.165, 1.54) is 16.8 Å². The van der Waals surface area contributed by atoms with Gasteiger partial charge in [-0.1, -0.05) is 12.1 Å². The zero-order valence-electron chi connectivity index (χ0n) is 15.8. The Kier molecular flexibility index (Phi) is 6.26. The van der Waals surface area contributed by atoms with Crippen molar-refractivity contribution in [2.24, 2.45) is 7.05 Å². The fourth-order valence-electron chi connectivity index (χ4n) is 2.58. The van der Waals surface area contributed by atoms with Gasteiger partial charge in [0.05, 0.1) is 11.5 Å². The summed E-state index contributed by atoms with van der Waals surface area (Å²) in [6, 6.07) is 9.68. The van der Waals surface area contributed by atoms with Crippen LogP contribution >= 0.6 is 0 Å². The number of carboxylic acid groups (broad SMARTS) is 1. The van der Waals surface area contributed by atoms with E-state index in [9.17, 15) is 17.6 Å². The van der Waals surface area contributed by atoms with Crippen molar-refractivity contribution >= 4 is 21.7 Å². The molecule has 3 aromatic rings. The quantitative estimate of drug-likeness (QED) is 0.488. The van der Waals surface area contributed by atoms with Gasteiger partial charge in [0.2, 0.25) is 0 Å². The molecule has 0 aliphatic heterocycles. The number of benzene rings is 2. The molecule has 0 saturated heterocycles. The van der Waals surface area contributed by atoms with Crippen LogP contribution in [0.1, 0.15) is 12.8 Å². The highest BCUT2D eigenvalue weighted by molar-refractivity contribution is 7.92. The minimum atomic E-state index is -4.07. The van der Waals surface area contributed by atoms with Gasteiger partial charge in [-0.3, -0.25) is 9.52 Å². The molecule has 0 amide bonds. The lowest BCUT2D eigenvalue weighted by atomic mass is 10.2. The van der Waals surface area contributed by atoms with E-state index in [2.05, 4.69) is 20.2 Å². The molecule has 0 fully saturated rings. The number of sulfonamides is 1. The van der Waals surface area contributed by atoms with E-state index in [4.69, 9.17) is 9.84 Å². The van der Waals surface area contributed by atoms with Crippen LogP contribution in [0, 0.1) is 5.82 Å². The third kappa shape index (κ3) is 5.08. The second kappa shape index (κ2) is 8.86. The van der Waals surface area contributed by atoms with Gasteiger partial charge < -0.3 is 9.84 Å². The highest BCUT2D eigenvalue weighted by atomic mass is 32.2. The first kappa shape index (κ1) is 21.2. The molecule has 1 aromatic heterocycles. The molecular weight excluding hydrogens is 417 g/mol. The molecule has 0 saturated carbocycles. The van der Waals surface area contributed by atoms with Gasteiger partial charge in [0.15, 0.2) is 17.4 Å². The number of carbonyl (C=O) groups is 1. The Morgan fingerprint density at radius 3 is 2.73 bits per heavy atom. The largest absolute Gasteiger partial charge is 0.491 e. The van der Waals surface area contributed by atoms with Gasteiger partial charge in [0, 0.05) is 24.7 Å². The third-order valence-corrected chi connectivity index (χ3v) is 5.38. The fourth-order valence-corrected chi connectivity index (χ4v) is 3.64. The van der Waals surface area contributed by atoms with Crippen molar-refractivity contribution in [1.82, 2.24) is 20.2 Å². The molecule has 0 aliphatic rings. The summed E-state index contributed by atoms with van der Waals surface area (Å²) in [6.07, 6.45) is 0.0925. The van der Waals surface area contributed by atoms with Crippen LogP contribution in [-0.2, 0) is 21.9 Å². The number of ether oxygens (including phenoxy) is 1. The smallest absolute Gasteiger partial charge is 0.303 e. The minimum Gasteiger partial charge on any atom is -0.491 e. The van der Waals surface area contributed by atoms with Crippen molar-refractivity contribution < 1.29 is 27.4 Å². The summed E-state index contributed by atoms with van der Waals surface area (Å²) >= 11 is 0. The highest BCUT2D eigenvalue weighted by Gasteiger charge is 2.18. The number of aromatic nitrogens is 4. The molecule has 0 unspecified atom stereocenters. The number of aryl methyl sites for hydroxylation is 1. The van der Waals surface area contributed by atoms with E-state index in [0.29, 0.717) is 11.4 Å². The van der Waals surface area contributed by atoms with Gasteiger partial charge in [-0.25, -0.2) is 17.5 Å². The molecule has 0 aliphatic carbocycles. The highest BCUT2D eigenvalue weighted by Crippen LogP contribution is 2.25. The number of rotatable bonds is 9. The molecule has 10 nitrogen and oxygen atoms in total. The van der Waals surface area contributed by atoms with Gasteiger partial charge in [0.1, 0.15) is 0 Å². The number of aliphatic carboxylic acids is 1. The molecule has 0 radical (unpaired) electrons. The Bertz CT molecular complexity index is 1170. The summed E-state index contributed by atoms with van der Waals surface area (Å²) in [4.78, 5) is 10.2. The Morgan fingerprint density at radius 1 is 1.27 bits per heavy atom. The summed E-state index contributed by atoms with van der Waals surface area (Å²) in [6.45, 7) is -0.00272. The summed E-state index contributed by atoms with van der Waals surface area (Å²) < 4.78 is 48.5. The standard InChI is InChI=1S/C18H18FN5O5S/c1-24-18(20-22-23-24)12-4-2-5-13(10-12)21-30(27,28)14-7-8-16(15(19)11-14)29-9-3-6-17(25)26/h2,4-5,7-8,10-11,21H,3,6,9H2,1H3,(H,25,26). The first-order chi connectivity index (χ1) is 14.3. The van der Waals surface area contributed by atoms with Crippen molar-refractivity contribution in [1.29, 1.82) is 0 Å². The van der Waals surface area contributed by atoms with Crippen molar-refractivity contribution in [2.75, 3.05) is 11.3 Å². The molecule has 2 N–H and O–H groups in total. The predicted octanol–water partition coefficient (Wildman–Crippen LogP) is 2.06. The van der Waals surface area contributed by atoms with E-state index >= 15 is 0 Å². The maximum atomic E-state index is 14.2. The molecule has 12 heteroatoms. The second-order valence-corrected chi connectivity index (χ2v) is 7.93. The first-order valence-corrected chi connectivity index (χ1v) is 10.2. The second-order valence-electron chi connectivity index (χ2n) is 6.25. The summed E-state index contributed by atoms with van der Waals surface area (Å²) in [7, 11) is -2.41. The molecule has 0 atom stereocenters. The zero-order valence-corrected chi connectivity index (χ0v) is 16.6. The number of hydrogen-bond acceptors (Lipinski definition) is 7. The van der Waals surface area contributed by atoms with Crippen LogP contribution in [0.2, 0.25) is 0 Å². The van der Waals surface area contributed by atoms with E-state index in [-0.39, 0.29) is 35.8 Å². The molecule has 0 spiro atoms. The molecular formula is C18H18FN5O5S. The van der Waals surface area contributed by atoms with E-state index in [1.54, 1.807) is 31.3 Å². The Morgan fingerprint density at radius 2 is 2.07 bits per heavy atom. The van der Waals surface area contributed by atoms with Crippen LogP contribution in [-0.4, -0.2) is 46.3 Å². The summed E-state index contributed by atoms with van der Waals surface area (Å²) in [5.41, 5.74) is 0.851. The van der Waals surface area contributed by atoms with Crippen LogP contribution in [0.25, 0.3) is 11.4 Å². The zero-order chi connectivity index (χ0) is 21.7. The number of hydrogen-bond donors (Lipinski definition) is 2. The van der Waals surface area contributed by atoms with Crippen molar-refractivity contribution in [3.05, 3.63) is 48.3 Å². The van der Waals surface area contributed by atoms with E-state index in [0.717, 1.165) is 6.07 Å². The van der Waals surface area contributed by atoms with Crippen LogP contribution in [0.15, 0.2) is 47.4 Å². The fraction of sp³-hybridized carbons (Fsp3) is 0.222. The minimum absolute atomic E-state index is 0.00272. The summed E-state index contributed by atoms with van der Waals surface area (Å²) in [5.74, 6) is -1.55. The van der Waals surface area contributed by atoms with Gasteiger partial charge in [-0.05, 0) is 47.2 Å². The van der Waals surface area contributed by atoms with Crippen LogP contribution in [0.3, 0.4) is 0 Å². The van der Waals surface area contributed by atoms with E-state index in [1.807, 2.05) is 0 Å². The predicted molar refractivity (Wildman–Crippen MR) is 104 cm³/mol. The van der Waals surface area contributed by atoms with Gasteiger partial charge in [-0.15, -0.1) is 5.10 Å². The Balaban J connectivity index is 1.74. The lowest BCUT2D eigenvalue weighted by molar-refractivity contribution is -0.137. The normalized spacial score (nSPS) is 11.3. The van der Waals surface area contributed by atoms with Crippen LogP contribution < -0.4 is 9.46 Å². The number of nitrogens with zero attached hydrogens (tertiary/aromatic N) is 4. The van der Waals surface area contributed by atoms with Crippen molar-refractivity contribution in [3.8, 4) is 17.1 Å². The molecule has 2 aromatic carbocycles. The molecule has 30 heavy (non-hydrogen) atoms. The van der Waals surface area contributed by atoms with Gasteiger partial charge >= 0.3 is 5.97 Å². The van der Waals surface area contributed by atoms with Crippen molar-refractivity contribution in [3.63, 3.8) is 0 Å². The lowest BCUT2D eigenvalue weighted by Crippen LogP contribution is -2.13. The van der Waals surface area contributed by atoms with Gasteiger partial charge in [0.25, 0.3) is 10.0 Å². The number of tetrazole rings is 1.